The summed E-state index contributed by atoms with van der Waals surface area (Å²) in [7, 11) is 1.75. The normalized spacial score (nSPS) is 11.2. The Morgan fingerprint density at radius 1 is 1.28 bits per heavy atom. The Balaban J connectivity index is 2.23. The molecule has 0 unspecified atom stereocenters. The van der Waals surface area contributed by atoms with Crippen molar-refractivity contribution in [1.29, 1.82) is 0 Å². The second kappa shape index (κ2) is 6.57. The van der Waals surface area contributed by atoms with Gasteiger partial charge in [-0.25, -0.2) is 0 Å². The molecule has 0 bridgehead atoms. The summed E-state index contributed by atoms with van der Waals surface area (Å²) in [6.07, 6.45) is 3.32. The maximum Gasteiger partial charge on any atom is 0.0483 e. The third-order valence-electron chi connectivity index (χ3n) is 3.18. The molecule has 0 saturated carbocycles. The van der Waals surface area contributed by atoms with Crippen LogP contribution in [0.25, 0.3) is 10.9 Å². The van der Waals surface area contributed by atoms with E-state index in [0.29, 0.717) is 0 Å². The van der Waals surface area contributed by atoms with Crippen LogP contribution in [0, 0.1) is 0 Å². The molecule has 0 aliphatic rings. The molecule has 0 aliphatic heterocycles. The van der Waals surface area contributed by atoms with Crippen molar-refractivity contribution in [3.63, 3.8) is 0 Å². The highest BCUT2D eigenvalue weighted by Gasteiger charge is 2.06. The molecule has 0 saturated heterocycles. The molecule has 1 aromatic carbocycles. The summed E-state index contributed by atoms with van der Waals surface area (Å²) in [6.45, 7) is 5.91. The molecule has 1 heterocycles. The van der Waals surface area contributed by atoms with Crippen LogP contribution >= 0.6 is 0 Å². The molecule has 1 N–H and O–H groups in total. The van der Waals surface area contributed by atoms with Crippen molar-refractivity contribution in [2.24, 2.45) is 0 Å². The average Bonchev–Trinajstić information content (AvgIpc) is 2.76. The third kappa shape index (κ3) is 2.92. The first-order chi connectivity index (χ1) is 8.86. The van der Waals surface area contributed by atoms with Crippen molar-refractivity contribution in [2.75, 3.05) is 20.3 Å². The predicted molar refractivity (Wildman–Crippen MR) is 75.8 cm³/mol. The Hall–Kier alpha value is -1.32. The van der Waals surface area contributed by atoms with Crippen molar-refractivity contribution in [3.05, 3.63) is 36.0 Å². The molecule has 2 aromatic rings. The molecule has 0 spiro atoms. The Morgan fingerprint density at radius 2 is 2.11 bits per heavy atom. The summed E-state index contributed by atoms with van der Waals surface area (Å²) in [5.41, 5.74) is 2.70. The van der Waals surface area contributed by atoms with Gasteiger partial charge in [0.05, 0.1) is 0 Å². The van der Waals surface area contributed by atoms with Crippen molar-refractivity contribution in [3.8, 4) is 0 Å². The Labute approximate surface area is 109 Å². The Morgan fingerprint density at radius 3 is 2.89 bits per heavy atom. The summed E-state index contributed by atoms with van der Waals surface area (Å²) < 4.78 is 7.46. The molecule has 1 aromatic heterocycles. The number of ether oxygens (including phenoxy) is 1. The van der Waals surface area contributed by atoms with Gasteiger partial charge in [-0.3, -0.25) is 0 Å². The largest absolute Gasteiger partial charge is 0.385 e. The van der Waals surface area contributed by atoms with E-state index < -0.39 is 0 Å². The summed E-state index contributed by atoms with van der Waals surface area (Å²) in [6, 6.07) is 8.61. The first kappa shape index (κ1) is 13.1. The third-order valence-corrected chi connectivity index (χ3v) is 3.18. The van der Waals surface area contributed by atoms with E-state index in [1.54, 1.807) is 7.11 Å². The molecule has 0 fully saturated rings. The van der Waals surface area contributed by atoms with Crippen LogP contribution in [0.1, 0.15) is 18.9 Å². The predicted octanol–water partition coefficient (Wildman–Crippen LogP) is 2.79. The fraction of sp³-hybridized carbons (Fsp3) is 0.467. The number of hydrogen-bond acceptors (Lipinski definition) is 2. The molecule has 0 aliphatic carbocycles. The van der Waals surface area contributed by atoms with Gasteiger partial charge < -0.3 is 14.6 Å². The van der Waals surface area contributed by atoms with Crippen LogP contribution in [-0.2, 0) is 17.8 Å². The van der Waals surface area contributed by atoms with Gasteiger partial charge in [0.2, 0.25) is 0 Å². The van der Waals surface area contributed by atoms with Crippen LogP contribution in [0.3, 0.4) is 0 Å². The zero-order chi connectivity index (χ0) is 12.8. The van der Waals surface area contributed by atoms with E-state index in [1.807, 2.05) is 0 Å². The molecular formula is C15H22N2O. The average molecular weight is 246 g/mol. The van der Waals surface area contributed by atoms with Crippen LogP contribution in [0.15, 0.2) is 30.5 Å². The number of rotatable bonds is 7. The molecule has 0 atom stereocenters. The number of methoxy groups -OCH3 is 1. The Kier molecular flexibility index (Phi) is 4.79. The maximum atomic E-state index is 5.12. The van der Waals surface area contributed by atoms with E-state index in [9.17, 15) is 0 Å². The van der Waals surface area contributed by atoms with Gasteiger partial charge in [-0.2, -0.15) is 0 Å². The number of hydrogen-bond donors (Lipinski definition) is 1. The molecule has 0 radical (unpaired) electrons. The van der Waals surface area contributed by atoms with Gasteiger partial charge in [0, 0.05) is 43.9 Å². The Bertz CT molecular complexity index is 490. The van der Waals surface area contributed by atoms with E-state index in [0.717, 1.165) is 32.7 Å². The number of fused-ring (bicyclic) bond motifs is 1. The summed E-state index contributed by atoms with van der Waals surface area (Å²) >= 11 is 0. The number of para-hydroxylation sites is 1. The van der Waals surface area contributed by atoms with Gasteiger partial charge in [0.1, 0.15) is 0 Å². The lowest BCUT2D eigenvalue weighted by Crippen LogP contribution is -2.11. The summed E-state index contributed by atoms with van der Waals surface area (Å²) in [4.78, 5) is 0. The van der Waals surface area contributed by atoms with Gasteiger partial charge in [-0.1, -0.05) is 25.1 Å². The van der Waals surface area contributed by atoms with Gasteiger partial charge in [-0.15, -0.1) is 0 Å². The fourth-order valence-electron chi connectivity index (χ4n) is 2.29. The number of nitrogens with one attached hydrogen (secondary N) is 1. The number of nitrogens with zero attached hydrogens (tertiary/aromatic N) is 1. The highest BCUT2D eigenvalue weighted by atomic mass is 16.5. The minimum absolute atomic E-state index is 0.815. The molecule has 3 nitrogen and oxygen atoms in total. The zero-order valence-electron chi connectivity index (χ0n) is 11.3. The number of aryl methyl sites for hydroxylation is 1. The van der Waals surface area contributed by atoms with E-state index >= 15 is 0 Å². The van der Waals surface area contributed by atoms with Crippen LogP contribution in [-0.4, -0.2) is 24.8 Å². The van der Waals surface area contributed by atoms with Crippen LogP contribution in [0.2, 0.25) is 0 Å². The van der Waals surface area contributed by atoms with Gasteiger partial charge >= 0.3 is 0 Å². The van der Waals surface area contributed by atoms with E-state index in [-0.39, 0.29) is 0 Å². The van der Waals surface area contributed by atoms with Crippen LogP contribution in [0.5, 0.6) is 0 Å². The fourth-order valence-corrected chi connectivity index (χ4v) is 2.29. The van der Waals surface area contributed by atoms with Gasteiger partial charge in [-0.05, 0) is 24.6 Å². The SMILES string of the molecule is CCNCc1cn(CCCOC)c2ccccc12. The monoisotopic (exact) mass is 246 g/mol. The lowest BCUT2D eigenvalue weighted by atomic mass is 10.2. The molecule has 98 valence electrons. The summed E-state index contributed by atoms with van der Waals surface area (Å²) in [5, 5.41) is 4.76. The lowest BCUT2D eigenvalue weighted by Gasteiger charge is -2.04. The molecule has 18 heavy (non-hydrogen) atoms. The van der Waals surface area contributed by atoms with Crippen molar-refractivity contribution in [1.82, 2.24) is 9.88 Å². The van der Waals surface area contributed by atoms with E-state index in [2.05, 4.69) is 47.3 Å². The lowest BCUT2D eigenvalue weighted by molar-refractivity contribution is 0.190. The minimum Gasteiger partial charge on any atom is -0.385 e. The second-order valence-corrected chi connectivity index (χ2v) is 4.49. The molecule has 3 heteroatoms. The van der Waals surface area contributed by atoms with Crippen LogP contribution < -0.4 is 5.32 Å². The second-order valence-electron chi connectivity index (χ2n) is 4.49. The van der Waals surface area contributed by atoms with Crippen molar-refractivity contribution < 1.29 is 4.74 Å². The smallest absolute Gasteiger partial charge is 0.0483 e. The number of aromatic nitrogens is 1. The molecule has 0 amide bonds. The number of benzene rings is 1. The zero-order valence-corrected chi connectivity index (χ0v) is 11.3. The first-order valence-corrected chi connectivity index (χ1v) is 6.63. The minimum atomic E-state index is 0.815. The quantitative estimate of drug-likeness (QED) is 0.760. The highest BCUT2D eigenvalue weighted by Crippen LogP contribution is 2.21. The van der Waals surface area contributed by atoms with E-state index in [1.165, 1.54) is 16.5 Å². The molecular weight excluding hydrogens is 224 g/mol. The molecule has 2 rings (SSSR count). The van der Waals surface area contributed by atoms with Crippen LogP contribution in [0.4, 0.5) is 0 Å². The first-order valence-electron chi connectivity index (χ1n) is 6.63. The van der Waals surface area contributed by atoms with Crippen molar-refractivity contribution in [2.45, 2.75) is 26.4 Å². The maximum absolute atomic E-state index is 5.12. The summed E-state index contributed by atoms with van der Waals surface area (Å²) in [5.74, 6) is 0. The van der Waals surface area contributed by atoms with E-state index in [4.69, 9.17) is 4.74 Å². The van der Waals surface area contributed by atoms with Crippen molar-refractivity contribution >= 4 is 10.9 Å². The standard InChI is InChI=1S/C15H22N2O/c1-3-16-11-13-12-17(9-6-10-18-2)15-8-5-4-7-14(13)15/h4-5,7-8,12,16H,3,6,9-11H2,1-2H3. The topological polar surface area (TPSA) is 26.2 Å². The highest BCUT2D eigenvalue weighted by molar-refractivity contribution is 5.83. The van der Waals surface area contributed by atoms with Gasteiger partial charge in [0.25, 0.3) is 0 Å². The van der Waals surface area contributed by atoms with Gasteiger partial charge in [0.15, 0.2) is 0 Å².